The van der Waals surface area contributed by atoms with Crippen LogP contribution in [0.25, 0.3) is 12.2 Å². The van der Waals surface area contributed by atoms with Crippen LogP contribution in [0.15, 0.2) is 56.5 Å². The van der Waals surface area contributed by atoms with Gasteiger partial charge in [0, 0.05) is 11.1 Å². The van der Waals surface area contributed by atoms with Gasteiger partial charge in [-0.2, -0.15) is 0 Å². The predicted molar refractivity (Wildman–Crippen MR) is 103 cm³/mol. The molecule has 0 N–H and O–H groups in total. The highest BCUT2D eigenvalue weighted by Crippen LogP contribution is 2.29. The van der Waals surface area contributed by atoms with Crippen molar-refractivity contribution in [2.45, 2.75) is 19.3 Å². The SMILES string of the molecule is O=C1C(=Cc2ccc(F)c(Br)c2)CCCC1=Cc1ccc(F)c(Br)c1. The van der Waals surface area contributed by atoms with Crippen molar-refractivity contribution in [2.75, 3.05) is 0 Å². The summed E-state index contributed by atoms with van der Waals surface area (Å²) in [7, 11) is 0. The molecule has 1 aliphatic carbocycles. The Morgan fingerprint density at radius 2 is 1.24 bits per heavy atom. The summed E-state index contributed by atoms with van der Waals surface area (Å²) in [6, 6.07) is 9.35. The fourth-order valence-corrected chi connectivity index (χ4v) is 3.58. The predicted octanol–water partition coefficient (Wildman–Crippen LogP) is 6.71. The molecule has 0 radical (unpaired) electrons. The van der Waals surface area contributed by atoms with E-state index in [4.69, 9.17) is 0 Å². The average Bonchev–Trinajstić information content (AvgIpc) is 2.58. The molecule has 2 aromatic carbocycles. The van der Waals surface area contributed by atoms with Crippen molar-refractivity contribution in [2.24, 2.45) is 0 Å². The second-order valence-corrected chi connectivity index (χ2v) is 7.58. The minimum atomic E-state index is -0.334. The highest BCUT2D eigenvalue weighted by atomic mass is 79.9. The van der Waals surface area contributed by atoms with E-state index >= 15 is 0 Å². The van der Waals surface area contributed by atoms with Crippen LogP contribution < -0.4 is 0 Å². The smallest absolute Gasteiger partial charge is 0.185 e. The monoisotopic (exact) mass is 466 g/mol. The van der Waals surface area contributed by atoms with Crippen molar-refractivity contribution < 1.29 is 13.6 Å². The molecular weight excluding hydrogens is 454 g/mol. The van der Waals surface area contributed by atoms with E-state index in [1.807, 2.05) is 0 Å². The van der Waals surface area contributed by atoms with Crippen LogP contribution in [0.3, 0.4) is 0 Å². The highest BCUT2D eigenvalue weighted by Gasteiger charge is 2.20. The number of rotatable bonds is 2. The number of hydrogen-bond donors (Lipinski definition) is 0. The maximum absolute atomic E-state index is 13.3. The second kappa shape index (κ2) is 7.75. The Hall–Kier alpha value is -1.59. The molecule has 0 aliphatic heterocycles. The van der Waals surface area contributed by atoms with E-state index in [1.165, 1.54) is 12.1 Å². The third kappa shape index (κ3) is 4.33. The van der Waals surface area contributed by atoms with Crippen molar-refractivity contribution in [1.29, 1.82) is 0 Å². The molecule has 3 rings (SSSR count). The Labute approximate surface area is 161 Å². The summed E-state index contributed by atoms with van der Waals surface area (Å²) in [5.41, 5.74) is 2.97. The zero-order valence-corrected chi connectivity index (χ0v) is 16.3. The van der Waals surface area contributed by atoms with E-state index in [2.05, 4.69) is 31.9 Å². The van der Waals surface area contributed by atoms with Crippen LogP contribution in [0, 0.1) is 11.6 Å². The largest absolute Gasteiger partial charge is 0.289 e. The number of Topliss-reactive ketones (excluding diaryl/α,β-unsaturated/α-hetero) is 1. The van der Waals surface area contributed by atoms with Crippen molar-refractivity contribution in [3.05, 3.63) is 79.3 Å². The first kappa shape index (κ1) is 18.2. The van der Waals surface area contributed by atoms with E-state index in [0.29, 0.717) is 32.9 Å². The number of allylic oxidation sites excluding steroid dienone is 2. The first-order valence-corrected chi connectivity index (χ1v) is 9.38. The minimum absolute atomic E-state index is 0.00727. The zero-order valence-electron chi connectivity index (χ0n) is 13.2. The van der Waals surface area contributed by atoms with Gasteiger partial charge in [0.15, 0.2) is 5.78 Å². The molecule has 0 unspecified atom stereocenters. The molecule has 0 amide bonds. The number of carbonyl (C=O) groups excluding carboxylic acids is 1. The van der Waals surface area contributed by atoms with Gasteiger partial charge in [0.05, 0.1) is 8.95 Å². The molecule has 1 fully saturated rings. The Balaban J connectivity index is 1.89. The lowest BCUT2D eigenvalue weighted by atomic mass is 9.87. The van der Waals surface area contributed by atoms with E-state index in [9.17, 15) is 13.6 Å². The van der Waals surface area contributed by atoms with Gasteiger partial charge in [-0.15, -0.1) is 0 Å². The lowest BCUT2D eigenvalue weighted by molar-refractivity contribution is -0.112. The number of hydrogen-bond acceptors (Lipinski definition) is 1. The molecule has 0 spiro atoms. The van der Waals surface area contributed by atoms with Gasteiger partial charge in [-0.05, 0) is 98.7 Å². The van der Waals surface area contributed by atoms with E-state index in [0.717, 1.165) is 17.5 Å². The standard InChI is InChI=1S/C20H14Br2F2O/c21-16-10-12(4-6-18(16)23)8-14-2-1-3-15(20(14)25)9-13-5-7-19(24)17(22)11-13/h4-11H,1-3H2. The van der Waals surface area contributed by atoms with Crippen LogP contribution >= 0.6 is 31.9 Å². The summed E-state index contributed by atoms with van der Waals surface area (Å²) in [6.07, 6.45) is 5.87. The van der Waals surface area contributed by atoms with Crippen molar-refractivity contribution in [3.63, 3.8) is 0 Å². The normalized spacial score (nSPS) is 18.2. The number of carbonyl (C=O) groups is 1. The summed E-state index contributed by atoms with van der Waals surface area (Å²) in [4.78, 5) is 12.7. The minimum Gasteiger partial charge on any atom is -0.289 e. The van der Waals surface area contributed by atoms with Gasteiger partial charge < -0.3 is 0 Å². The van der Waals surface area contributed by atoms with Crippen LogP contribution in [-0.4, -0.2) is 5.78 Å². The van der Waals surface area contributed by atoms with Gasteiger partial charge in [-0.1, -0.05) is 12.1 Å². The first-order chi connectivity index (χ1) is 11.9. The third-order valence-electron chi connectivity index (χ3n) is 4.04. The first-order valence-electron chi connectivity index (χ1n) is 7.80. The van der Waals surface area contributed by atoms with E-state index in [-0.39, 0.29) is 17.4 Å². The Morgan fingerprint density at radius 1 is 0.800 bits per heavy atom. The van der Waals surface area contributed by atoms with Gasteiger partial charge in [0.2, 0.25) is 0 Å². The second-order valence-electron chi connectivity index (χ2n) is 5.87. The molecule has 2 aromatic rings. The quantitative estimate of drug-likeness (QED) is 0.448. The fraction of sp³-hybridized carbons (Fsp3) is 0.150. The fourth-order valence-electron chi connectivity index (χ4n) is 2.78. The van der Waals surface area contributed by atoms with Gasteiger partial charge in [0.1, 0.15) is 11.6 Å². The zero-order chi connectivity index (χ0) is 18.0. The van der Waals surface area contributed by atoms with Crippen LogP contribution in [0.5, 0.6) is 0 Å². The number of benzene rings is 2. The highest BCUT2D eigenvalue weighted by molar-refractivity contribution is 9.10. The Morgan fingerprint density at radius 3 is 1.64 bits per heavy atom. The maximum Gasteiger partial charge on any atom is 0.185 e. The topological polar surface area (TPSA) is 17.1 Å². The molecular formula is C20H14Br2F2O. The molecule has 128 valence electrons. The molecule has 25 heavy (non-hydrogen) atoms. The third-order valence-corrected chi connectivity index (χ3v) is 5.26. The average molecular weight is 468 g/mol. The summed E-state index contributed by atoms with van der Waals surface area (Å²) in [5.74, 6) is -0.675. The lowest BCUT2D eigenvalue weighted by Gasteiger charge is -2.16. The molecule has 1 nitrogen and oxygen atoms in total. The molecule has 1 saturated carbocycles. The number of ketones is 1. The Bertz CT molecular complexity index is 829. The van der Waals surface area contributed by atoms with Crippen LogP contribution in [-0.2, 0) is 4.79 Å². The lowest BCUT2D eigenvalue weighted by Crippen LogP contribution is -2.12. The number of halogens is 4. The van der Waals surface area contributed by atoms with Crippen LogP contribution in [0.1, 0.15) is 30.4 Å². The molecule has 0 heterocycles. The summed E-state index contributed by atoms with van der Waals surface area (Å²) in [6.45, 7) is 0. The molecule has 0 atom stereocenters. The Kier molecular flexibility index (Phi) is 5.64. The molecule has 0 saturated heterocycles. The van der Waals surface area contributed by atoms with Crippen LogP contribution in [0.2, 0.25) is 0 Å². The van der Waals surface area contributed by atoms with Gasteiger partial charge >= 0.3 is 0 Å². The van der Waals surface area contributed by atoms with Gasteiger partial charge in [-0.3, -0.25) is 4.79 Å². The van der Waals surface area contributed by atoms with E-state index < -0.39 is 0 Å². The maximum atomic E-state index is 13.3. The molecule has 5 heteroatoms. The van der Waals surface area contributed by atoms with E-state index in [1.54, 1.807) is 36.4 Å². The van der Waals surface area contributed by atoms with Gasteiger partial charge in [0.25, 0.3) is 0 Å². The van der Waals surface area contributed by atoms with Crippen molar-refractivity contribution in [1.82, 2.24) is 0 Å². The molecule has 0 bridgehead atoms. The summed E-state index contributed by atoms with van der Waals surface area (Å²) < 4.78 is 27.4. The van der Waals surface area contributed by atoms with Gasteiger partial charge in [-0.25, -0.2) is 8.78 Å². The molecule has 1 aliphatic rings. The summed E-state index contributed by atoms with van der Waals surface area (Å²) in [5, 5.41) is 0. The van der Waals surface area contributed by atoms with Crippen molar-refractivity contribution >= 4 is 49.8 Å². The van der Waals surface area contributed by atoms with Crippen molar-refractivity contribution in [3.8, 4) is 0 Å². The molecule has 0 aromatic heterocycles. The van der Waals surface area contributed by atoms with Crippen LogP contribution in [0.4, 0.5) is 8.78 Å². The summed E-state index contributed by atoms with van der Waals surface area (Å²) >= 11 is 6.32.